The maximum absolute atomic E-state index is 12.1. The molecule has 18 heavy (non-hydrogen) atoms. The van der Waals surface area contributed by atoms with Crippen molar-refractivity contribution in [3.05, 3.63) is 29.0 Å². The van der Waals surface area contributed by atoms with Crippen molar-refractivity contribution in [3.63, 3.8) is 0 Å². The van der Waals surface area contributed by atoms with Crippen molar-refractivity contribution in [1.82, 2.24) is 9.97 Å². The number of nitrogens with zero attached hydrogens (tertiary/aromatic N) is 1. The number of hydrogen-bond acceptors (Lipinski definition) is 3. The van der Waals surface area contributed by atoms with Gasteiger partial charge >= 0.3 is 5.97 Å². The van der Waals surface area contributed by atoms with Gasteiger partial charge in [-0.05, 0) is 18.6 Å². The summed E-state index contributed by atoms with van der Waals surface area (Å²) in [5, 5.41) is 9.21. The van der Waals surface area contributed by atoms with E-state index < -0.39 is 17.8 Å². The number of H-pyrrole nitrogens is 1. The number of hydrogen-bond donors (Lipinski definition) is 2. The number of carboxylic acids is 1. The predicted octanol–water partition coefficient (Wildman–Crippen LogP) is 2.12. The summed E-state index contributed by atoms with van der Waals surface area (Å²) < 4.78 is 0. The van der Waals surface area contributed by atoms with Crippen molar-refractivity contribution >= 4 is 34.4 Å². The molecule has 1 heterocycles. The molecule has 0 amide bonds. The number of fused-ring (bicyclic) bond motifs is 1. The fraction of sp³-hybridized carbons (Fsp3) is 0.250. The van der Waals surface area contributed by atoms with E-state index >= 15 is 0 Å². The zero-order valence-corrected chi connectivity index (χ0v) is 9.94. The third kappa shape index (κ3) is 1.67. The summed E-state index contributed by atoms with van der Waals surface area (Å²) in [7, 11) is 0. The number of halogens is 1. The molecule has 2 unspecified atom stereocenters. The summed E-state index contributed by atoms with van der Waals surface area (Å²) in [6.45, 7) is 0. The Kier molecular flexibility index (Phi) is 2.38. The number of rotatable bonds is 3. The number of carbonyl (C=O) groups excluding carboxylic acids is 1. The van der Waals surface area contributed by atoms with Gasteiger partial charge in [0.2, 0.25) is 0 Å². The van der Waals surface area contributed by atoms with E-state index in [1.54, 1.807) is 12.1 Å². The molecule has 1 saturated carbocycles. The Labute approximate surface area is 107 Å². The van der Waals surface area contributed by atoms with E-state index in [1.165, 1.54) is 6.33 Å². The molecular formula is C12H9ClN2O3. The molecule has 0 radical (unpaired) electrons. The Bertz CT molecular complexity index is 664. The van der Waals surface area contributed by atoms with Crippen LogP contribution < -0.4 is 0 Å². The topological polar surface area (TPSA) is 83.0 Å². The summed E-state index contributed by atoms with van der Waals surface area (Å²) in [5.41, 5.74) is 1.72. The standard InChI is InChI=1S/C12H9ClN2O3/c13-8-1-5(2-9-10(8)15-4-14-9)11(16)6-3-7(6)12(17)18/h1-2,4,6-7H,3H2,(H,14,15)(H,17,18). The van der Waals surface area contributed by atoms with Gasteiger partial charge in [0.1, 0.15) is 5.52 Å². The number of aromatic nitrogens is 2. The number of aromatic amines is 1. The van der Waals surface area contributed by atoms with Crippen LogP contribution in [0.3, 0.4) is 0 Å². The first-order valence-electron chi connectivity index (χ1n) is 5.47. The monoisotopic (exact) mass is 264 g/mol. The summed E-state index contributed by atoms with van der Waals surface area (Å²) >= 11 is 6.02. The van der Waals surface area contributed by atoms with Crippen LogP contribution in [-0.4, -0.2) is 26.8 Å². The van der Waals surface area contributed by atoms with Gasteiger partial charge in [-0.15, -0.1) is 0 Å². The summed E-state index contributed by atoms with van der Waals surface area (Å²) in [4.78, 5) is 29.7. The van der Waals surface area contributed by atoms with E-state index in [0.717, 1.165) is 0 Å². The largest absolute Gasteiger partial charge is 0.481 e. The highest BCUT2D eigenvalue weighted by Crippen LogP contribution is 2.41. The lowest BCUT2D eigenvalue weighted by atomic mass is 10.1. The van der Waals surface area contributed by atoms with Gasteiger partial charge in [0, 0.05) is 11.5 Å². The quantitative estimate of drug-likeness (QED) is 0.832. The van der Waals surface area contributed by atoms with Crippen LogP contribution in [0.2, 0.25) is 5.02 Å². The van der Waals surface area contributed by atoms with Crippen molar-refractivity contribution in [2.45, 2.75) is 6.42 Å². The lowest BCUT2D eigenvalue weighted by Gasteiger charge is -2.01. The smallest absolute Gasteiger partial charge is 0.307 e. The van der Waals surface area contributed by atoms with Crippen LogP contribution in [-0.2, 0) is 4.79 Å². The lowest BCUT2D eigenvalue weighted by molar-refractivity contribution is -0.138. The van der Waals surface area contributed by atoms with E-state index in [9.17, 15) is 9.59 Å². The SMILES string of the molecule is O=C(O)C1CC1C(=O)c1cc(Cl)c2nc[nH]c2c1. The highest BCUT2D eigenvalue weighted by atomic mass is 35.5. The minimum Gasteiger partial charge on any atom is -0.481 e. The third-order valence-electron chi connectivity index (χ3n) is 3.21. The van der Waals surface area contributed by atoms with Crippen molar-refractivity contribution in [2.24, 2.45) is 11.8 Å². The van der Waals surface area contributed by atoms with Crippen LogP contribution in [0, 0.1) is 11.8 Å². The second-order valence-corrected chi connectivity index (χ2v) is 4.82. The Morgan fingerprint density at radius 2 is 2.17 bits per heavy atom. The summed E-state index contributed by atoms with van der Waals surface area (Å²) in [5.74, 6) is -2.05. The fourth-order valence-corrected chi connectivity index (χ4v) is 2.39. The fourth-order valence-electron chi connectivity index (χ4n) is 2.12. The number of imidazole rings is 1. The van der Waals surface area contributed by atoms with Crippen LogP contribution in [0.1, 0.15) is 16.8 Å². The van der Waals surface area contributed by atoms with Gasteiger partial charge in [-0.3, -0.25) is 9.59 Å². The summed E-state index contributed by atoms with van der Waals surface area (Å²) in [6.07, 6.45) is 1.91. The molecule has 2 atom stereocenters. The first-order chi connectivity index (χ1) is 8.58. The van der Waals surface area contributed by atoms with Crippen LogP contribution in [0.25, 0.3) is 11.0 Å². The van der Waals surface area contributed by atoms with Gasteiger partial charge in [-0.1, -0.05) is 11.6 Å². The van der Waals surface area contributed by atoms with E-state index in [1.807, 2.05) is 0 Å². The minimum atomic E-state index is -0.915. The molecule has 3 rings (SSSR count). The average Bonchev–Trinajstić information content (AvgIpc) is 2.99. The average molecular weight is 265 g/mol. The molecule has 1 aromatic carbocycles. The van der Waals surface area contributed by atoms with Crippen LogP contribution in [0.5, 0.6) is 0 Å². The Balaban J connectivity index is 1.95. The van der Waals surface area contributed by atoms with E-state index in [-0.39, 0.29) is 5.78 Å². The predicted molar refractivity (Wildman–Crippen MR) is 64.7 cm³/mol. The van der Waals surface area contributed by atoms with E-state index in [0.29, 0.717) is 28.0 Å². The van der Waals surface area contributed by atoms with Crippen LogP contribution >= 0.6 is 11.6 Å². The van der Waals surface area contributed by atoms with Gasteiger partial charge in [-0.25, -0.2) is 4.98 Å². The lowest BCUT2D eigenvalue weighted by Crippen LogP contribution is -2.08. The van der Waals surface area contributed by atoms with Gasteiger partial charge < -0.3 is 10.1 Å². The van der Waals surface area contributed by atoms with E-state index in [2.05, 4.69) is 9.97 Å². The molecule has 1 fully saturated rings. The molecule has 1 aliphatic carbocycles. The number of carboxylic acid groups (broad SMARTS) is 1. The van der Waals surface area contributed by atoms with Gasteiger partial charge in [0.15, 0.2) is 5.78 Å². The molecule has 92 valence electrons. The Morgan fingerprint density at radius 3 is 2.83 bits per heavy atom. The number of aliphatic carboxylic acids is 1. The van der Waals surface area contributed by atoms with Crippen molar-refractivity contribution < 1.29 is 14.7 Å². The number of carbonyl (C=O) groups is 2. The Morgan fingerprint density at radius 1 is 1.39 bits per heavy atom. The molecule has 2 aromatic rings. The van der Waals surface area contributed by atoms with Gasteiger partial charge in [0.25, 0.3) is 0 Å². The molecular weight excluding hydrogens is 256 g/mol. The number of Topliss-reactive ketones (excluding diaryl/α,β-unsaturated/α-hetero) is 1. The van der Waals surface area contributed by atoms with Gasteiger partial charge in [0.05, 0.1) is 22.8 Å². The highest BCUT2D eigenvalue weighted by Gasteiger charge is 2.48. The molecule has 1 aliphatic rings. The van der Waals surface area contributed by atoms with Crippen molar-refractivity contribution in [3.8, 4) is 0 Å². The summed E-state index contributed by atoms with van der Waals surface area (Å²) in [6, 6.07) is 3.21. The molecule has 0 aliphatic heterocycles. The van der Waals surface area contributed by atoms with E-state index in [4.69, 9.17) is 16.7 Å². The highest BCUT2D eigenvalue weighted by molar-refractivity contribution is 6.35. The number of ketones is 1. The second kappa shape index (κ2) is 3.81. The number of benzene rings is 1. The normalized spacial score (nSPS) is 22.1. The maximum atomic E-state index is 12.1. The molecule has 5 nitrogen and oxygen atoms in total. The zero-order chi connectivity index (χ0) is 12.9. The molecule has 0 bridgehead atoms. The first-order valence-corrected chi connectivity index (χ1v) is 5.85. The van der Waals surface area contributed by atoms with Crippen molar-refractivity contribution in [2.75, 3.05) is 0 Å². The molecule has 2 N–H and O–H groups in total. The molecule has 1 aromatic heterocycles. The maximum Gasteiger partial charge on any atom is 0.307 e. The number of nitrogens with one attached hydrogen (secondary N) is 1. The zero-order valence-electron chi connectivity index (χ0n) is 9.18. The Hall–Kier alpha value is -1.88. The molecule has 6 heteroatoms. The van der Waals surface area contributed by atoms with Crippen LogP contribution in [0.4, 0.5) is 0 Å². The minimum absolute atomic E-state index is 0.166. The third-order valence-corrected chi connectivity index (χ3v) is 3.49. The molecule has 0 saturated heterocycles. The molecule has 0 spiro atoms. The van der Waals surface area contributed by atoms with Crippen LogP contribution in [0.15, 0.2) is 18.5 Å². The second-order valence-electron chi connectivity index (χ2n) is 4.41. The van der Waals surface area contributed by atoms with Crippen molar-refractivity contribution in [1.29, 1.82) is 0 Å². The first kappa shape index (κ1) is 11.2. The van der Waals surface area contributed by atoms with Gasteiger partial charge in [-0.2, -0.15) is 0 Å².